The SMILES string of the molecule is CC(C)(C)c1ccc(/C=C/c2ccc3c4c(cccc24)C(=O)N(OSC(F)(F)F)C3=O)cc1. The molecule has 0 N–H and O–H groups in total. The lowest BCUT2D eigenvalue weighted by molar-refractivity contribution is -0.0570. The maximum Gasteiger partial charge on any atom is 0.470 e. The van der Waals surface area contributed by atoms with Crippen LogP contribution in [0.1, 0.15) is 58.2 Å². The van der Waals surface area contributed by atoms with Crippen molar-refractivity contribution in [2.75, 3.05) is 0 Å². The number of imide groups is 1. The van der Waals surface area contributed by atoms with Gasteiger partial charge in [-0.1, -0.05) is 75.4 Å². The molecule has 0 radical (unpaired) electrons. The van der Waals surface area contributed by atoms with E-state index >= 15 is 0 Å². The molecule has 4 nitrogen and oxygen atoms in total. The molecule has 3 aromatic rings. The molecule has 1 aliphatic rings. The number of hydrogen-bond donors (Lipinski definition) is 0. The summed E-state index contributed by atoms with van der Waals surface area (Å²) in [5, 5.41) is 1.20. The van der Waals surface area contributed by atoms with Crippen LogP contribution in [0.25, 0.3) is 22.9 Å². The maximum absolute atomic E-state index is 12.7. The highest BCUT2D eigenvalue weighted by Crippen LogP contribution is 2.37. The smallest absolute Gasteiger partial charge is 0.266 e. The molecule has 170 valence electrons. The summed E-state index contributed by atoms with van der Waals surface area (Å²) in [6.45, 7) is 6.43. The van der Waals surface area contributed by atoms with Crippen molar-refractivity contribution in [3.63, 3.8) is 0 Å². The number of hydrogen-bond acceptors (Lipinski definition) is 4. The van der Waals surface area contributed by atoms with Crippen molar-refractivity contribution in [2.24, 2.45) is 0 Å². The van der Waals surface area contributed by atoms with Crippen molar-refractivity contribution < 1.29 is 27.0 Å². The highest BCUT2D eigenvalue weighted by atomic mass is 32.2. The Hall–Kier alpha value is -3.10. The van der Waals surface area contributed by atoms with Gasteiger partial charge in [-0.3, -0.25) is 9.59 Å². The van der Waals surface area contributed by atoms with Crippen LogP contribution in [0.15, 0.2) is 54.6 Å². The zero-order chi connectivity index (χ0) is 24.0. The van der Waals surface area contributed by atoms with E-state index < -0.39 is 29.4 Å². The Labute approximate surface area is 193 Å². The van der Waals surface area contributed by atoms with E-state index in [1.165, 1.54) is 17.7 Å². The standard InChI is InChI=1S/C25H20F3NO3S/c1-24(2,3)17-12-8-15(9-13-17)7-10-16-11-14-20-21-18(16)5-4-6-19(21)22(30)29(23(20)31)32-33-25(26,27)28/h4-14H,1-3H3/b10-7+. The van der Waals surface area contributed by atoms with E-state index in [4.69, 9.17) is 0 Å². The average Bonchev–Trinajstić information content (AvgIpc) is 2.75. The lowest BCUT2D eigenvalue weighted by Crippen LogP contribution is -2.39. The van der Waals surface area contributed by atoms with Crippen molar-refractivity contribution in [1.82, 2.24) is 5.06 Å². The second-order valence-corrected chi connectivity index (χ2v) is 9.42. The Morgan fingerprint density at radius 1 is 0.848 bits per heavy atom. The van der Waals surface area contributed by atoms with Crippen molar-refractivity contribution >= 4 is 46.8 Å². The predicted molar refractivity (Wildman–Crippen MR) is 123 cm³/mol. The molecule has 8 heteroatoms. The van der Waals surface area contributed by atoms with Crippen LogP contribution < -0.4 is 0 Å². The Morgan fingerprint density at radius 3 is 2.09 bits per heavy atom. The van der Waals surface area contributed by atoms with E-state index in [2.05, 4.69) is 37.2 Å². The van der Waals surface area contributed by atoms with Crippen LogP contribution in [0, 0.1) is 0 Å². The first kappa shape index (κ1) is 23.1. The minimum absolute atomic E-state index is 0.0493. The third-order valence-electron chi connectivity index (χ3n) is 5.34. The molecule has 4 rings (SSSR count). The van der Waals surface area contributed by atoms with Crippen molar-refractivity contribution in [1.29, 1.82) is 0 Å². The van der Waals surface area contributed by atoms with Gasteiger partial charge in [0.1, 0.15) is 12.0 Å². The number of halogens is 3. The number of rotatable bonds is 4. The van der Waals surface area contributed by atoms with E-state index in [0.717, 1.165) is 11.1 Å². The van der Waals surface area contributed by atoms with E-state index in [1.54, 1.807) is 18.2 Å². The quantitative estimate of drug-likeness (QED) is 0.233. The van der Waals surface area contributed by atoms with Crippen LogP contribution in [0.3, 0.4) is 0 Å². The van der Waals surface area contributed by atoms with Gasteiger partial charge in [0, 0.05) is 5.39 Å². The molecule has 3 aromatic carbocycles. The van der Waals surface area contributed by atoms with Crippen molar-refractivity contribution in [2.45, 2.75) is 31.7 Å². The number of alkyl halides is 3. The molecule has 1 aliphatic heterocycles. The fourth-order valence-corrected chi connectivity index (χ4v) is 3.96. The summed E-state index contributed by atoms with van der Waals surface area (Å²) in [5.41, 5.74) is -1.52. The number of amides is 2. The molecule has 0 saturated heterocycles. The largest absolute Gasteiger partial charge is 0.470 e. The van der Waals surface area contributed by atoms with E-state index in [-0.39, 0.29) is 21.6 Å². The van der Waals surface area contributed by atoms with Gasteiger partial charge in [0.25, 0.3) is 11.8 Å². The molecule has 0 atom stereocenters. The summed E-state index contributed by atoms with van der Waals surface area (Å²) in [6.07, 6.45) is 3.81. The van der Waals surface area contributed by atoms with Crippen LogP contribution in [-0.4, -0.2) is 22.4 Å². The summed E-state index contributed by atoms with van der Waals surface area (Å²) < 4.78 is 42.0. The predicted octanol–water partition coefficient (Wildman–Crippen LogP) is 7.00. The highest BCUT2D eigenvalue weighted by Gasteiger charge is 2.39. The number of nitrogens with zero attached hydrogens (tertiary/aromatic N) is 1. The van der Waals surface area contributed by atoms with Gasteiger partial charge < -0.3 is 0 Å². The first-order valence-corrected chi connectivity index (χ1v) is 10.9. The third-order valence-corrected chi connectivity index (χ3v) is 5.76. The second-order valence-electron chi connectivity index (χ2n) is 8.64. The molecule has 0 bridgehead atoms. The topological polar surface area (TPSA) is 46.6 Å². The molecule has 1 heterocycles. The lowest BCUT2D eigenvalue weighted by atomic mass is 9.86. The highest BCUT2D eigenvalue weighted by molar-refractivity contribution is 7.95. The van der Waals surface area contributed by atoms with Gasteiger partial charge in [0.2, 0.25) is 0 Å². The van der Waals surface area contributed by atoms with Crippen LogP contribution in [-0.2, 0) is 9.70 Å². The first-order chi connectivity index (χ1) is 15.5. The zero-order valence-electron chi connectivity index (χ0n) is 18.1. The molecular formula is C25H20F3NO3S. The molecule has 2 amide bonds. The number of carbonyl (C=O) groups is 2. The molecule has 0 spiro atoms. The van der Waals surface area contributed by atoms with Gasteiger partial charge in [-0.2, -0.15) is 17.5 Å². The van der Waals surface area contributed by atoms with Gasteiger partial charge in [-0.25, -0.2) is 0 Å². The summed E-state index contributed by atoms with van der Waals surface area (Å²) in [6, 6.07) is 16.2. The monoisotopic (exact) mass is 471 g/mol. The number of benzene rings is 3. The molecular weight excluding hydrogens is 451 g/mol. The van der Waals surface area contributed by atoms with Crippen molar-refractivity contribution in [3.05, 3.63) is 82.4 Å². The second kappa shape index (κ2) is 8.35. The van der Waals surface area contributed by atoms with Gasteiger partial charge in [0.05, 0.1) is 11.1 Å². The average molecular weight is 472 g/mol. The lowest BCUT2D eigenvalue weighted by Gasteiger charge is -2.25. The summed E-state index contributed by atoms with van der Waals surface area (Å²) >= 11 is -0.904. The minimum atomic E-state index is -4.76. The summed E-state index contributed by atoms with van der Waals surface area (Å²) in [4.78, 5) is 25.4. The molecule has 0 aromatic heterocycles. The first-order valence-electron chi connectivity index (χ1n) is 10.1. The van der Waals surface area contributed by atoms with Gasteiger partial charge in [-0.05, 0) is 39.6 Å². The van der Waals surface area contributed by atoms with E-state index in [9.17, 15) is 22.8 Å². The Balaban J connectivity index is 1.69. The Bertz CT molecular complexity index is 1250. The third kappa shape index (κ3) is 4.67. The van der Waals surface area contributed by atoms with Gasteiger partial charge >= 0.3 is 5.51 Å². The van der Waals surface area contributed by atoms with Crippen LogP contribution in [0.5, 0.6) is 0 Å². The minimum Gasteiger partial charge on any atom is -0.266 e. The molecule has 0 unspecified atom stereocenters. The van der Waals surface area contributed by atoms with Crippen molar-refractivity contribution in [3.8, 4) is 0 Å². The zero-order valence-corrected chi connectivity index (χ0v) is 18.9. The van der Waals surface area contributed by atoms with E-state index in [1.807, 2.05) is 24.3 Å². The summed E-state index contributed by atoms with van der Waals surface area (Å²) in [7, 11) is 0. The van der Waals surface area contributed by atoms with E-state index in [0.29, 0.717) is 10.8 Å². The number of hydroxylamine groups is 2. The molecule has 33 heavy (non-hydrogen) atoms. The Kier molecular flexibility index (Phi) is 5.84. The van der Waals surface area contributed by atoms with Crippen LogP contribution >= 0.6 is 12.0 Å². The Morgan fingerprint density at radius 2 is 1.48 bits per heavy atom. The molecule has 0 fully saturated rings. The number of carbonyl (C=O) groups excluding carboxylic acids is 2. The molecule has 0 saturated carbocycles. The van der Waals surface area contributed by atoms with Gasteiger partial charge in [-0.15, -0.1) is 5.06 Å². The molecule has 0 aliphatic carbocycles. The summed E-state index contributed by atoms with van der Waals surface area (Å²) in [5.74, 6) is -1.87. The fraction of sp³-hybridized carbons (Fsp3) is 0.200. The fourth-order valence-electron chi connectivity index (χ4n) is 3.67. The normalized spacial score (nSPS) is 14.5. The van der Waals surface area contributed by atoms with Crippen LogP contribution in [0.4, 0.5) is 13.2 Å². The van der Waals surface area contributed by atoms with Crippen LogP contribution in [0.2, 0.25) is 0 Å². The van der Waals surface area contributed by atoms with Gasteiger partial charge in [0.15, 0.2) is 0 Å². The maximum atomic E-state index is 12.7.